The fourth-order valence-corrected chi connectivity index (χ4v) is 3.31. The summed E-state index contributed by atoms with van der Waals surface area (Å²) in [5.74, 6) is -0.598. The molecule has 1 atom stereocenters. The summed E-state index contributed by atoms with van der Waals surface area (Å²) in [5.41, 5.74) is 1.81. The summed E-state index contributed by atoms with van der Waals surface area (Å²) >= 11 is 0. The Morgan fingerprint density at radius 2 is 2.00 bits per heavy atom. The Morgan fingerprint density at radius 1 is 1.17 bits per heavy atom. The number of aryl methyl sites for hydroxylation is 1. The molecule has 0 radical (unpaired) electrons. The van der Waals surface area contributed by atoms with Crippen molar-refractivity contribution in [1.29, 1.82) is 0 Å². The highest BCUT2D eigenvalue weighted by molar-refractivity contribution is 5.96. The molecule has 4 rings (SSSR count). The van der Waals surface area contributed by atoms with Crippen molar-refractivity contribution >= 4 is 16.7 Å². The van der Waals surface area contributed by atoms with Gasteiger partial charge in [-0.3, -0.25) is 9.59 Å². The van der Waals surface area contributed by atoms with Crippen molar-refractivity contribution in [2.24, 2.45) is 0 Å². The van der Waals surface area contributed by atoms with Crippen LogP contribution < -0.4 is 10.9 Å². The monoisotopic (exact) mass is 322 g/mol. The molecule has 1 amide bonds. The van der Waals surface area contributed by atoms with E-state index in [9.17, 15) is 14.0 Å². The Bertz CT molecular complexity index is 1010. The highest BCUT2D eigenvalue weighted by atomic mass is 19.1. The molecule has 0 saturated carbocycles. The molecular formula is C19H15FN2O2. The Morgan fingerprint density at radius 3 is 2.88 bits per heavy atom. The molecule has 4 nitrogen and oxygen atoms in total. The Balaban J connectivity index is 1.63. The third kappa shape index (κ3) is 2.48. The highest BCUT2D eigenvalue weighted by Crippen LogP contribution is 2.31. The zero-order valence-electron chi connectivity index (χ0n) is 12.8. The standard InChI is InChI=1S/C19H15FN2O2/c20-13-6-7-14-12(9-13)5-8-16(14)21-19(24)17-10-11-3-1-2-4-15(11)18(23)22-17/h1-4,6-7,9-10,16H,5,8H2,(H,21,24)(H,22,23). The number of carbonyl (C=O) groups is 1. The van der Waals surface area contributed by atoms with Crippen LogP contribution in [0.15, 0.2) is 53.3 Å². The van der Waals surface area contributed by atoms with E-state index in [0.717, 1.165) is 29.4 Å². The Labute approximate surface area is 137 Å². The van der Waals surface area contributed by atoms with Crippen molar-refractivity contribution in [1.82, 2.24) is 10.3 Å². The molecule has 1 heterocycles. The molecule has 1 unspecified atom stereocenters. The number of halogens is 1. The van der Waals surface area contributed by atoms with Crippen LogP contribution in [0, 0.1) is 5.82 Å². The van der Waals surface area contributed by atoms with Crippen LogP contribution >= 0.6 is 0 Å². The molecule has 0 spiro atoms. The number of H-pyrrole nitrogens is 1. The van der Waals surface area contributed by atoms with Crippen molar-refractivity contribution in [2.75, 3.05) is 0 Å². The Kier molecular flexibility index (Phi) is 3.41. The third-order valence-corrected chi connectivity index (χ3v) is 4.49. The zero-order chi connectivity index (χ0) is 16.7. The van der Waals surface area contributed by atoms with Gasteiger partial charge in [-0.15, -0.1) is 0 Å². The van der Waals surface area contributed by atoms with Gasteiger partial charge in [0.2, 0.25) is 0 Å². The van der Waals surface area contributed by atoms with Gasteiger partial charge in [0.1, 0.15) is 11.5 Å². The molecule has 5 heteroatoms. The second kappa shape index (κ2) is 5.60. The van der Waals surface area contributed by atoms with Crippen molar-refractivity contribution in [3.8, 4) is 0 Å². The molecule has 0 saturated heterocycles. The zero-order valence-corrected chi connectivity index (χ0v) is 12.8. The van der Waals surface area contributed by atoms with Gasteiger partial charge in [-0.25, -0.2) is 4.39 Å². The number of amides is 1. The van der Waals surface area contributed by atoms with Gasteiger partial charge in [-0.2, -0.15) is 0 Å². The number of pyridine rings is 1. The number of aromatic amines is 1. The summed E-state index contributed by atoms with van der Waals surface area (Å²) in [4.78, 5) is 27.2. The maximum atomic E-state index is 13.3. The van der Waals surface area contributed by atoms with E-state index in [1.165, 1.54) is 12.1 Å². The number of fused-ring (bicyclic) bond motifs is 2. The van der Waals surface area contributed by atoms with Crippen LogP contribution in [-0.4, -0.2) is 10.9 Å². The third-order valence-electron chi connectivity index (χ3n) is 4.49. The van der Waals surface area contributed by atoms with E-state index >= 15 is 0 Å². The van der Waals surface area contributed by atoms with Gasteiger partial charge in [0.25, 0.3) is 11.5 Å². The Hall–Kier alpha value is -2.95. The molecule has 2 aromatic carbocycles. The number of aromatic nitrogens is 1. The van der Waals surface area contributed by atoms with Crippen LogP contribution in [0.3, 0.4) is 0 Å². The predicted octanol–water partition coefficient (Wildman–Crippen LogP) is 3.08. The quantitative estimate of drug-likeness (QED) is 0.761. The number of hydrogen-bond donors (Lipinski definition) is 2. The molecule has 0 bridgehead atoms. The van der Waals surface area contributed by atoms with Gasteiger partial charge in [0.05, 0.1) is 6.04 Å². The fraction of sp³-hybridized carbons (Fsp3) is 0.158. The van der Waals surface area contributed by atoms with E-state index in [4.69, 9.17) is 0 Å². The number of hydrogen-bond acceptors (Lipinski definition) is 2. The summed E-state index contributed by atoms with van der Waals surface area (Å²) in [7, 11) is 0. The molecule has 0 aliphatic heterocycles. The molecule has 24 heavy (non-hydrogen) atoms. The number of carbonyl (C=O) groups excluding carboxylic acids is 1. The van der Waals surface area contributed by atoms with Gasteiger partial charge in [0.15, 0.2) is 0 Å². The van der Waals surface area contributed by atoms with Crippen LogP contribution in [0.2, 0.25) is 0 Å². The lowest BCUT2D eigenvalue weighted by molar-refractivity contribution is 0.0931. The molecule has 1 aromatic heterocycles. The summed E-state index contributed by atoms with van der Waals surface area (Å²) < 4.78 is 13.3. The van der Waals surface area contributed by atoms with Gasteiger partial charge < -0.3 is 10.3 Å². The minimum atomic E-state index is -0.333. The molecule has 3 aromatic rings. The number of benzene rings is 2. The van der Waals surface area contributed by atoms with Crippen molar-refractivity contribution < 1.29 is 9.18 Å². The van der Waals surface area contributed by atoms with E-state index in [0.29, 0.717) is 5.39 Å². The first-order chi connectivity index (χ1) is 11.6. The average Bonchev–Trinajstić information content (AvgIpc) is 2.96. The van der Waals surface area contributed by atoms with E-state index in [2.05, 4.69) is 10.3 Å². The van der Waals surface area contributed by atoms with Crippen LogP contribution in [-0.2, 0) is 6.42 Å². The van der Waals surface area contributed by atoms with Crippen LogP contribution in [0.4, 0.5) is 4.39 Å². The maximum absolute atomic E-state index is 13.3. The lowest BCUT2D eigenvalue weighted by atomic mass is 10.1. The minimum absolute atomic E-state index is 0.164. The van der Waals surface area contributed by atoms with E-state index in [1.54, 1.807) is 30.3 Å². The van der Waals surface area contributed by atoms with Gasteiger partial charge in [-0.1, -0.05) is 24.3 Å². The number of rotatable bonds is 2. The molecule has 2 N–H and O–H groups in total. The summed E-state index contributed by atoms with van der Waals surface area (Å²) in [5, 5.41) is 4.21. The second-order valence-corrected chi connectivity index (χ2v) is 6.01. The lowest BCUT2D eigenvalue weighted by Gasteiger charge is -2.14. The van der Waals surface area contributed by atoms with E-state index in [1.807, 2.05) is 6.07 Å². The number of nitrogens with one attached hydrogen (secondary N) is 2. The molecule has 0 fully saturated rings. The van der Waals surface area contributed by atoms with E-state index in [-0.39, 0.29) is 29.0 Å². The normalized spacial score (nSPS) is 16.1. The largest absolute Gasteiger partial charge is 0.344 e. The van der Waals surface area contributed by atoms with Crippen LogP contribution in [0.1, 0.15) is 34.1 Å². The first kappa shape index (κ1) is 14.6. The molecule has 1 aliphatic carbocycles. The van der Waals surface area contributed by atoms with Crippen molar-refractivity contribution in [3.63, 3.8) is 0 Å². The molecule has 1 aliphatic rings. The van der Waals surface area contributed by atoms with Crippen molar-refractivity contribution in [2.45, 2.75) is 18.9 Å². The fourth-order valence-electron chi connectivity index (χ4n) is 3.31. The van der Waals surface area contributed by atoms with Crippen molar-refractivity contribution in [3.05, 3.63) is 81.5 Å². The maximum Gasteiger partial charge on any atom is 0.268 e. The summed E-state index contributed by atoms with van der Waals surface area (Å²) in [6, 6.07) is 13.3. The van der Waals surface area contributed by atoms with Gasteiger partial charge >= 0.3 is 0 Å². The summed E-state index contributed by atoms with van der Waals surface area (Å²) in [6.07, 6.45) is 1.45. The minimum Gasteiger partial charge on any atom is -0.344 e. The molecule has 120 valence electrons. The van der Waals surface area contributed by atoms with Crippen LogP contribution in [0.25, 0.3) is 10.8 Å². The van der Waals surface area contributed by atoms with Crippen LogP contribution in [0.5, 0.6) is 0 Å². The summed E-state index contributed by atoms with van der Waals surface area (Å²) in [6.45, 7) is 0. The second-order valence-electron chi connectivity index (χ2n) is 6.01. The highest BCUT2D eigenvalue weighted by Gasteiger charge is 2.25. The first-order valence-electron chi connectivity index (χ1n) is 7.83. The topological polar surface area (TPSA) is 62.0 Å². The van der Waals surface area contributed by atoms with Gasteiger partial charge in [-0.05, 0) is 53.6 Å². The van der Waals surface area contributed by atoms with E-state index < -0.39 is 0 Å². The lowest BCUT2D eigenvalue weighted by Crippen LogP contribution is -2.29. The SMILES string of the molecule is O=C(NC1CCc2cc(F)ccc21)c1cc2ccccc2c(=O)[nH]1. The average molecular weight is 322 g/mol. The predicted molar refractivity (Wildman–Crippen MR) is 89.5 cm³/mol. The molecular weight excluding hydrogens is 307 g/mol. The first-order valence-corrected chi connectivity index (χ1v) is 7.83. The van der Waals surface area contributed by atoms with Gasteiger partial charge in [0, 0.05) is 5.39 Å². The smallest absolute Gasteiger partial charge is 0.268 e.